The number of carbonyl (C=O) groups excluding carboxylic acids is 1. The summed E-state index contributed by atoms with van der Waals surface area (Å²) in [7, 11) is 0. The average Bonchev–Trinajstić information content (AvgIpc) is 2.72. The van der Waals surface area contributed by atoms with Gasteiger partial charge >= 0.3 is 5.97 Å². The van der Waals surface area contributed by atoms with Crippen LogP contribution >= 0.6 is 0 Å². The first-order valence-corrected chi connectivity index (χ1v) is 6.59. The first-order chi connectivity index (χ1) is 8.24. The molecule has 17 heavy (non-hydrogen) atoms. The third-order valence-electron chi connectivity index (χ3n) is 3.70. The van der Waals surface area contributed by atoms with Gasteiger partial charge in [0, 0.05) is 6.20 Å². The van der Waals surface area contributed by atoms with Crippen molar-refractivity contribution in [3.05, 3.63) is 23.0 Å². The van der Waals surface area contributed by atoms with Crippen molar-refractivity contribution in [2.24, 2.45) is 0 Å². The van der Waals surface area contributed by atoms with Crippen LogP contribution in [0.1, 0.15) is 66.6 Å². The summed E-state index contributed by atoms with van der Waals surface area (Å²) in [5, 5.41) is 0. The zero-order valence-electron chi connectivity index (χ0n) is 10.7. The van der Waals surface area contributed by atoms with E-state index in [0.29, 0.717) is 18.2 Å². The number of carbonyl (C=O) groups is 1. The Hall–Kier alpha value is -1.25. The normalized spacial score (nSPS) is 17.1. The molecule has 1 saturated carbocycles. The van der Waals surface area contributed by atoms with Crippen LogP contribution in [0.4, 0.5) is 0 Å². The van der Waals surface area contributed by atoms with Crippen molar-refractivity contribution in [1.29, 1.82) is 0 Å². The highest BCUT2D eigenvalue weighted by Crippen LogP contribution is 2.35. The van der Waals surface area contributed by atoms with Crippen molar-refractivity contribution < 1.29 is 9.53 Å². The maximum Gasteiger partial charge on any atom is 0.355 e. The van der Waals surface area contributed by atoms with Crippen molar-refractivity contribution in [1.82, 2.24) is 4.98 Å². The number of aromatic amines is 1. The van der Waals surface area contributed by atoms with Gasteiger partial charge in [0.15, 0.2) is 0 Å². The monoisotopic (exact) mass is 235 g/mol. The van der Waals surface area contributed by atoms with Crippen LogP contribution in [0.5, 0.6) is 0 Å². The van der Waals surface area contributed by atoms with E-state index in [2.05, 4.69) is 4.98 Å². The summed E-state index contributed by atoms with van der Waals surface area (Å²) >= 11 is 0. The van der Waals surface area contributed by atoms with Gasteiger partial charge in [-0.3, -0.25) is 0 Å². The topological polar surface area (TPSA) is 42.1 Å². The largest absolute Gasteiger partial charge is 0.461 e. The van der Waals surface area contributed by atoms with E-state index in [1.807, 2.05) is 20.0 Å². The highest BCUT2D eigenvalue weighted by Gasteiger charge is 2.22. The van der Waals surface area contributed by atoms with E-state index < -0.39 is 0 Å². The molecule has 1 fully saturated rings. The third kappa shape index (κ3) is 2.54. The van der Waals surface area contributed by atoms with Gasteiger partial charge in [0.1, 0.15) is 5.69 Å². The molecule has 1 aliphatic rings. The maximum atomic E-state index is 11.7. The van der Waals surface area contributed by atoms with Gasteiger partial charge in [0.25, 0.3) is 0 Å². The van der Waals surface area contributed by atoms with Gasteiger partial charge in [0.2, 0.25) is 0 Å². The minimum Gasteiger partial charge on any atom is -0.461 e. The standard InChI is InChI=1S/C14H21NO2/c1-3-17-14(16)13-10(2)12(9-15-13)11-7-5-4-6-8-11/h9,11,15H,3-8H2,1-2H3. The quantitative estimate of drug-likeness (QED) is 0.814. The minimum atomic E-state index is -0.230. The Morgan fingerprint density at radius 1 is 1.41 bits per heavy atom. The van der Waals surface area contributed by atoms with Crippen molar-refractivity contribution in [3.8, 4) is 0 Å². The predicted molar refractivity (Wildman–Crippen MR) is 67.3 cm³/mol. The number of H-pyrrole nitrogens is 1. The Bertz CT molecular complexity index is 389. The summed E-state index contributed by atoms with van der Waals surface area (Å²) in [6, 6.07) is 0. The summed E-state index contributed by atoms with van der Waals surface area (Å²) in [4.78, 5) is 14.8. The van der Waals surface area contributed by atoms with Gasteiger partial charge in [-0.15, -0.1) is 0 Å². The smallest absolute Gasteiger partial charge is 0.355 e. The lowest BCUT2D eigenvalue weighted by molar-refractivity contribution is 0.0519. The van der Waals surface area contributed by atoms with E-state index in [0.717, 1.165) is 5.56 Å². The molecule has 0 aliphatic heterocycles. The molecule has 1 aromatic rings. The molecule has 1 aromatic heterocycles. The molecule has 0 amide bonds. The molecule has 3 heteroatoms. The predicted octanol–water partition coefficient (Wildman–Crippen LogP) is 3.55. The molecule has 0 spiro atoms. The lowest BCUT2D eigenvalue weighted by Gasteiger charge is -2.21. The fourth-order valence-corrected chi connectivity index (χ4v) is 2.76. The van der Waals surface area contributed by atoms with Crippen LogP contribution in [0, 0.1) is 6.92 Å². The molecule has 0 aromatic carbocycles. The zero-order valence-corrected chi connectivity index (χ0v) is 10.7. The fraction of sp³-hybridized carbons (Fsp3) is 0.643. The van der Waals surface area contributed by atoms with Gasteiger partial charge in [-0.25, -0.2) is 4.79 Å². The van der Waals surface area contributed by atoms with Crippen LogP contribution in [0.3, 0.4) is 0 Å². The molecule has 0 unspecified atom stereocenters. The fourth-order valence-electron chi connectivity index (χ4n) is 2.76. The Morgan fingerprint density at radius 3 is 2.76 bits per heavy atom. The molecule has 1 heterocycles. The lowest BCUT2D eigenvalue weighted by Crippen LogP contribution is -2.08. The number of esters is 1. The summed E-state index contributed by atoms with van der Waals surface area (Å²) in [6.07, 6.45) is 8.47. The number of hydrogen-bond donors (Lipinski definition) is 1. The molecule has 0 bridgehead atoms. The van der Waals surface area contributed by atoms with E-state index in [9.17, 15) is 4.79 Å². The molecule has 3 nitrogen and oxygen atoms in total. The molecular weight excluding hydrogens is 214 g/mol. The first kappa shape index (κ1) is 12.2. The summed E-state index contributed by atoms with van der Waals surface area (Å²) in [6.45, 7) is 4.28. The summed E-state index contributed by atoms with van der Waals surface area (Å²) < 4.78 is 5.04. The number of hydrogen-bond acceptors (Lipinski definition) is 2. The van der Waals surface area contributed by atoms with Crippen molar-refractivity contribution >= 4 is 5.97 Å². The highest BCUT2D eigenvalue weighted by molar-refractivity contribution is 5.89. The van der Waals surface area contributed by atoms with E-state index in [-0.39, 0.29) is 5.97 Å². The Labute approximate surface area is 103 Å². The Kier molecular flexibility index (Phi) is 3.87. The summed E-state index contributed by atoms with van der Waals surface area (Å²) in [5.74, 6) is 0.398. The van der Waals surface area contributed by atoms with Crippen molar-refractivity contribution in [2.75, 3.05) is 6.61 Å². The van der Waals surface area contributed by atoms with Crippen LogP contribution in [0.15, 0.2) is 6.20 Å². The molecule has 94 valence electrons. The first-order valence-electron chi connectivity index (χ1n) is 6.59. The lowest BCUT2D eigenvalue weighted by atomic mass is 9.83. The van der Waals surface area contributed by atoms with Crippen molar-refractivity contribution in [3.63, 3.8) is 0 Å². The molecule has 0 saturated heterocycles. The van der Waals surface area contributed by atoms with Gasteiger partial charge in [-0.2, -0.15) is 0 Å². The Morgan fingerprint density at radius 2 is 2.12 bits per heavy atom. The second kappa shape index (κ2) is 5.39. The van der Waals surface area contributed by atoms with Crippen LogP contribution in [-0.4, -0.2) is 17.6 Å². The molecule has 0 atom stereocenters. The number of nitrogens with one attached hydrogen (secondary N) is 1. The van der Waals surface area contributed by atoms with Crippen LogP contribution in [-0.2, 0) is 4.74 Å². The Balaban J connectivity index is 2.16. The van der Waals surface area contributed by atoms with E-state index in [1.54, 1.807) is 0 Å². The van der Waals surface area contributed by atoms with Gasteiger partial charge in [-0.1, -0.05) is 19.3 Å². The van der Waals surface area contributed by atoms with E-state index in [4.69, 9.17) is 4.74 Å². The number of aromatic nitrogens is 1. The second-order valence-electron chi connectivity index (χ2n) is 4.80. The van der Waals surface area contributed by atoms with Crippen LogP contribution in [0.2, 0.25) is 0 Å². The maximum absolute atomic E-state index is 11.7. The van der Waals surface area contributed by atoms with Gasteiger partial charge in [0.05, 0.1) is 6.61 Å². The molecular formula is C14H21NO2. The average molecular weight is 235 g/mol. The van der Waals surface area contributed by atoms with E-state index in [1.165, 1.54) is 37.7 Å². The third-order valence-corrected chi connectivity index (χ3v) is 3.70. The second-order valence-corrected chi connectivity index (χ2v) is 4.80. The van der Waals surface area contributed by atoms with Crippen LogP contribution < -0.4 is 0 Å². The molecule has 0 radical (unpaired) electrons. The minimum absolute atomic E-state index is 0.230. The zero-order chi connectivity index (χ0) is 12.3. The molecule has 1 N–H and O–H groups in total. The molecule has 2 rings (SSSR count). The molecule has 1 aliphatic carbocycles. The highest BCUT2D eigenvalue weighted by atomic mass is 16.5. The van der Waals surface area contributed by atoms with E-state index >= 15 is 0 Å². The van der Waals surface area contributed by atoms with Gasteiger partial charge < -0.3 is 9.72 Å². The van der Waals surface area contributed by atoms with Crippen molar-refractivity contribution in [2.45, 2.75) is 51.9 Å². The number of ether oxygens (including phenoxy) is 1. The van der Waals surface area contributed by atoms with Crippen LogP contribution in [0.25, 0.3) is 0 Å². The van der Waals surface area contributed by atoms with Gasteiger partial charge in [-0.05, 0) is 43.7 Å². The summed E-state index contributed by atoms with van der Waals surface area (Å²) in [5.41, 5.74) is 3.02. The number of rotatable bonds is 3. The SMILES string of the molecule is CCOC(=O)c1[nH]cc(C2CCCCC2)c1C.